The molecule has 1 aromatic rings. The van der Waals surface area contributed by atoms with Crippen molar-refractivity contribution in [1.29, 1.82) is 0 Å². The highest BCUT2D eigenvalue weighted by molar-refractivity contribution is 5.52. The molecule has 0 saturated carbocycles. The highest BCUT2D eigenvalue weighted by atomic mass is 16.5. The third kappa shape index (κ3) is 2.70. The van der Waals surface area contributed by atoms with Crippen LogP contribution in [0.15, 0.2) is 37.4 Å². The summed E-state index contributed by atoms with van der Waals surface area (Å²) in [5.74, 6) is 0.680. The summed E-state index contributed by atoms with van der Waals surface area (Å²) in [4.78, 5) is 0. The third-order valence-electron chi connectivity index (χ3n) is 2.94. The maximum atomic E-state index is 10.1. The normalized spacial score (nSPS) is 11.0. The van der Waals surface area contributed by atoms with Gasteiger partial charge >= 0.3 is 0 Å². The Bertz CT molecular complexity index is 431. The molecule has 0 fully saturated rings. The van der Waals surface area contributed by atoms with Gasteiger partial charge in [0.25, 0.3) is 0 Å². The van der Waals surface area contributed by atoms with Gasteiger partial charge in [-0.2, -0.15) is 0 Å². The Morgan fingerprint density at radius 1 is 1.35 bits per heavy atom. The maximum Gasteiger partial charge on any atom is 0.161 e. The second kappa shape index (κ2) is 5.09. The molecular formula is C15H20O2. The van der Waals surface area contributed by atoms with Crippen LogP contribution in [-0.2, 0) is 11.8 Å². The molecule has 17 heavy (non-hydrogen) atoms. The van der Waals surface area contributed by atoms with Gasteiger partial charge in [0.1, 0.15) is 0 Å². The van der Waals surface area contributed by atoms with E-state index in [-0.39, 0.29) is 11.2 Å². The number of phenolic OH excluding ortho intramolecular Hbond substituents is 1. The molecule has 0 aliphatic heterocycles. The van der Waals surface area contributed by atoms with E-state index in [9.17, 15) is 5.11 Å². The standard InChI is InChI=1S/C15H20O2/c1-6-8-11-9-12(15(3,4)7-2)14(16)13(10-11)17-5/h6-7,9-10,16H,1-2,8H2,3-5H3. The van der Waals surface area contributed by atoms with Crippen LogP contribution in [-0.4, -0.2) is 12.2 Å². The van der Waals surface area contributed by atoms with Crippen LogP contribution in [0.4, 0.5) is 0 Å². The average Bonchev–Trinajstić information content (AvgIpc) is 2.31. The van der Waals surface area contributed by atoms with Gasteiger partial charge < -0.3 is 9.84 Å². The number of allylic oxidation sites excluding steroid dienone is 2. The van der Waals surface area contributed by atoms with E-state index in [1.165, 1.54) is 0 Å². The molecule has 0 bridgehead atoms. The van der Waals surface area contributed by atoms with Gasteiger partial charge in [-0.3, -0.25) is 0 Å². The highest BCUT2D eigenvalue weighted by Crippen LogP contribution is 2.39. The second-order valence-corrected chi connectivity index (χ2v) is 4.61. The number of hydrogen-bond acceptors (Lipinski definition) is 2. The van der Waals surface area contributed by atoms with Crippen molar-refractivity contribution in [2.45, 2.75) is 25.7 Å². The Morgan fingerprint density at radius 2 is 2.00 bits per heavy atom. The molecule has 0 radical (unpaired) electrons. The third-order valence-corrected chi connectivity index (χ3v) is 2.94. The van der Waals surface area contributed by atoms with Crippen LogP contribution in [0.5, 0.6) is 11.5 Å². The van der Waals surface area contributed by atoms with Crippen molar-refractivity contribution in [1.82, 2.24) is 0 Å². The molecule has 0 unspecified atom stereocenters. The summed E-state index contributed by atoms with van der Waals surface area (Å²) in [6.45, 7) is 11.5. The van der Waals surface area contributed by atoms with E-state index in [4.69, 9.17) is 4.74 Å². The minimum absolute atomic E-state index is 0.185. The van der Waals surface area contributed by atoms with Crippen molar-refractivity contribution in [3.05, 3.63) is 48.6 Å². The molecule has 1 N–H and O–H groups in total. The predicted molar refractivity (Wildman–Crippen MR) is 71.8 cm³/mol. The zero-order chi connectivity index (χ0) is 13.1. The average molecular weight is 232 g/mol. The van der Waals surface area contributed by atoms with Gasteiger partial charge in [-0.25, -0.2) is 0 Å². The van der Waals surface area contributed by atoms with E-state index >= 15 is 0 Å². The molecule has 0 heterocycles. The fraction of sp³-hybridized carbons (Fsp3) is 0.333. The quantitative estimate of drug-likeness (QED) is 0.786. The minimum Gasteiger partial charge on any atom is -0.504 e. The molecule has 2 heteroatoms. The molecule has 0 saturated heterocycles. The fourth-order valence-corrected chi connectivity index (χ4v) is 1.71. The van der Waals surface area contributed by atoms with E-state index < -0.39 is 0 Å². The molecule has 0 amide bonds. The number of benzene rings is 1. The number of phenols is 1. The molecule has 0 aromatic heterocycles. The van der Waals surface area contributed by atoms with Gasteiger partial charge in [-0.15, -0.1) is 13.2 Å². The molecule has 1 aromatic carbocycles. The van der Waals surface area contributed by atoms with Crippen molar-refractivity contribution < 1.29 is 9.84 Å². The zero-order valence-electron chi connectivity index (χ0n) is 10.8. The fourth-order valence-electron chi connectivity index (χ4n) is 1.71. The Balaban J connectivity index is 3.41. The van der Waals surface area contributed by atoms with Crippen molar-refractivity contribution in [3.8, 4) is 11.5 Å². The van der Waals surface area contributed by atoms with Crippen LogP contribution in [0.3, 0.4) is 0 Å². The smallest absolute Gasteiger partial charge is 0.161 e. The van der Waals surface area contributed by atoms with Crippen LogP contribution in [0.1, 0.15) is 25.0 Å². The van der Waals surface area contributed by atoms with Crippen LogP contribution in [0.2, 0.25) is 0 Å². The van der Waals surface area contributed by atoms with Gasteiger partial charge in [0.15, 0.2) is 11.5 Å². The first-order valence-corrected chi connectivity index (χ1v) is 5.61. The van der Waals surface area contributed by atoms with E-state index in [0.717, 1.165) is 17.5 Å². The molecule has 2 nitrogen and oxygen atoms in total. The van der Waals surface area contributed by atoms with E-state index in [1.54, 1.807) is 7.11 Å². The van der Waals surface area contributed by atoms with Crippen molar-refractivity contribution in [3.63, 3.8) is 0 Å². The Morgan fingerprint density at radius 3 is 2.47 bits per heavy atom. The lowest BCUT2D eigenvalue weighted by molar-refractivity contribution is 0.366. The van der Waals surface area contributed by atoms with Gasteiger partial charge in [0.2, 0.25) is 0 Å². The number of ether oxygens (including phenoxy) is 1. The van der Waals surface area contributed by atoms with E-state index in [1.807, 2.05) is 38.1 Å². The summed E-state index contributed by atoms with van der Waals surface area (Å²) >= 11 is 0. The monoisotopic (exact) mass is 232 g/mol. The topological polar surface area (TPSA) is 29.5 Å². The van der Waals surface area contributed by atoms with Gasteiger partial charge in [-0.1, -0.05) is 32.1 Å². The summed E-state index contributed by atoms with van der Waals surface area (Å²) in [5.41, 5.74) is 1.59. The first kappa shape index (κ1) is 13.4. The van der Waals surface area contributed by atoms with Crippen molar-refractivity contribution in [2.75, 3.05) is 7.11 Å². The lowest BCUT2D eigenvalue weighted by atomic mass is 9.83. The lowest BCUT2D eigenvalue weighted by Gasteiger charge is -2.23. The Labute approximate surface area is 103 Å². The molecule has 0 aliphatic rings. The number of methoxy groups -OCH3 is 1. The first-order chi connectivity index (χ1) is 7.96. The van der Waals surface area contributed by atoms with E-state index in [2.05, 4.69) is 13.2 Å². The number of hydrogen-bond donors (Lipinski definition) is 1. The summed E-state index contributed by atoms with van der Waals surface area (Å²) < 4.78 is 5.19. The zero-order valence-corrected chi connectivity index (χ0v) is 10.8. The summed E-state index contributed by atoms with van der Waals surface area (Å²) in [7, 11) is 1.55. The van der Waals surface area contributed by atoms with Crippen LogP contribution >= 0.6 is 0 Å². The summed E-state index contributed by atoms with van der Waals surface area (Å²) in [5, 5.41) is 10.1. The van der Waals surface area contributed by atoms with Crippen molar-refractivity contribution >= 4 is 0 Å². The van der Waals surface area contributed by atoms with Gasteiger partial charge in [0, 0.05) is 11.0 Å². The summed E-state index contributed by atoms with van der Waals surface area (Å²) in [6, 6.07) is 3.81. The lowest BCUT2D eigenvalue weighted by Crippen LogP contribution is -2.14. The Kier molecular flexibility index (Phi) is 4.00. The molecule has 0 aliphatic carbocycles. The van der Waals surface area contributed by atoms with Crippen LogP contribution in [0.25, 0.3) is 0 Å². The van der Waals surface area contributed by atoms with Crippen LogP contribution < -0.4 is 4.74 Å². The Hall–Kier alpha value is -1.70. The van der Waals surface area contributed by atoms with Gasteiger partial charge in [0.05, 0.1) is 7.11 Å². The molecule has 0 spiro atoms. The predicted octanol–water partition coefficient (Wildman–Crippen LogP) is 3.59. The van der Waals surface area contributed by atoms with Crippen molar-refractivity contribution in [2.24, 2.45) is 0 Å². The highest BCUT2D eigenvalue weighted by Gasteiger charge is 2.23. The van der Waals surface area contributed by atoms with Crippen LogP contribution in [0, 0.1) is 0 Å². The number of aromatic hydroxyl groups is 1. The summed E-state index contributed by atoms with van der Waals surface area (Å²) in [6.07, 6.45) is 4.40. The van der Waals surface area contributed by atoms with E-state index in [0.29, 0.717) is 5.75 Å². The molecule has 92 valence electrons. The molecule has 0 atom stereocenters. The molecular weight excluding hydrogens is 212 g/mol. The maximum absolute atomic E-state index is 10.1. The minimum atomic E-state index is -0.297. The SMILES string of the molecule is C=CCc1cc(OC)c(O)c(C(C)(C)C=C)c1. The molecule has 1 rings (SSSR count). The van der Waals surface area contributed by atoms with Gasteiger partial charge in [-0.05, 0) is 18.1 Å². The number of rotatable bonds is 5. The largest absolute Gasteiger partial charge is 0.504 e. The first-order valence-electron chi connectivity index (χ1n) is 5.61. The second-order valence-electron chi connectivity index (χ2n) is 4.61.